The zero-order valence-electron chi connectivity index (χ0n) is 58.9. The molecule has 0 amide bonds. The van der Waals surface area contributed by atoms with Gasteiger partial charge in [-0.1, -0.05) is 12.2 Å². The molecule has 39 nitrogen and oxygen atoms in total. The summed E-state index contributed by atoms with van der Waals surface area (Å²) in [5, 5.41) is 220. The summed E-state index contributed by atoms with van der Waals surface area (Å²) >= 11 is 0. The standard InChI is InChI=1S/C67H108O39/c1-90-33-11-24(12-34(91-2)45(33)74)5-9-43(72)94-21-40-49(78)54(83)56(85)64(104-40)97-27-16-30(71)28-18-37(61(98-31(28)17-27)26-7-8-29(70)32(15-26)99-65-57(86)52(81)47(76)38(19-68)101-65)100-66-58(87)55(84)50(79)41(105-66)23-96-63-60(89)62(106-67-59(88)53(82)48(77)39(20-69)102-67)51(80)42(103-63)22-95-44(73)10-6-25-13-35(92-3)46(75)36(14-25)93-4/h5-6,9-10,24-42,45-71,74-89H,7-8,11-23H2,1-4H3. The maximum absolute atomic E-state index is 13.3. The first-order valence-electron chi connectivity index (χ1n) is 36.0. The van der Waals surface area contributed by atoms with Gasteiger partial charge in [0.15, 0.2) is 31.5 Å². The molecule has 20 N–H and O–H groups in total. The molecule has 0 spiro atoms. The van der Waals surface area contributed by atoms with Gasteiger partial charge in [0.2, 0.25) is 0 Å². The van der Waals surface area contributed by atoms with Crippen LogP contribution >= 0.6 is 0 Å². The highest BCUT2D eigenvalue weighted by molar-refractivity contribution is 5.82. The second-order valence-electron chi connectivity index (χ2n) is 29.2. The van der Waals surface area contributed by atoms with Crippen molar-refractivity contribution < 1.29 is 192 Å². The first-order chi connectivity index (χ1) is 50.5. The van der Waals surface area contributed by atoms with Crippen LogP contribution in [0.1, 0.15) is 64.2 Å². The topological polar surface area (TPSA) is 596 Å². The third kappa shape index (κ3) is 19.6. The number of rotatable bonds is 26. The van der Waals surface area contributed by atoms with E-state index in [-0.39, 0.29) is 50.4 Å². The Bertz CT molecular complexity index is 2750. The third-order valence-electron chi connectivity index (χ3n) is 22.4. The lowest BCUT2D eigenvalue weighted by molar-refractivity contribution is -0.368. The molecule has 0 bridgehead atoms. The van der Waals surface area contributed by atoms with Gasteiger partial charge in [-0.05, 0) is 69.1 Å². The predicted octanol–water partition coefficient (Wildman–Crippen LogP) is -9.90. The van der Waals surface area contributed by atoms with Gasteiger partial charge < -0.3 is 183 Å². The summed E-state index contributed by atoms with van der Waals surface area (Å²) < 4.78 is 99.3. The van der Waals surface area contributed by atoms with Crippen molar-refractivity contribution >= 4 is 11.9 Å². The van der Waals surface area contributed by atoms with Crippen molar-refractivity contribution in [3.8, 4) is 0 Å². The summed E-state index contributed by atoms with van der Waals surface area (Å²) in [4.78, 5) is 26.3. The molecule has 39 heteroatoms. The predicted molar refractivity (Wildman–Crippen MR) is 343 cm³/mol. The van der Waals surface area contributed by atoms with Crippen molar-refractivity contribution in [3.63, 3.8) is 0 Å². The van der Waals surface area contributed by atoms with Crippen molar-refractivity contribution in [3.05, 3.63) is 24.3 Å². The average Bonchev–Trinajstić information content (AvgIpc) is 0.767. The Balaban J connectivity index is 0.841. The Morgan fingerprint density at radius 1 is 0.358 bits per heavy atom. The van der Waals surface area contributed by atoms with Crippen LogP contribution in [-0.4, -0.2) is 408 Å². The molecule has 10 aliphatic rings. The summed E-state index contributed by atoms with van der Waals surface area (Å²) in [5.41, 5.74) is 0. The van der Waals surface area contributed by atoms with Gasteiger partial charge in [0.05, 0.1) is 87.0 Å². The van der Waals surface area contributed by atoms with E-state index in [0.717, 1.165) is 12.2 Å². The lowest BCUT2D eigenvalue weighted by atomic mass is 9.72. The molecule has 610 valence electrons. The maximum Gasteiger partial charge on any atom is 0.330 e. The van der Waals surface area contributed by atoms with Crippen LogP contribution in [0, 0.1) is 23.7 Å². The molecular weight excluding hydrogens is 1430 g/mol. The van der Waals surface area contributed by atoms with Gasteiger partial charge in [0.1, 0.15) is 148 Å². The second kappa shape index (κ2) is 38.2. The largest absolute Gasteiger partial charge is 0.460 e. The fourth-order valence-corrected chi connectivity index (χ4v) is 16.1. The van der Waals surface area contributed by atoms with E-state index < -0.39 is 290 Å². The van der Waals surface area contributed by atoms with Crippen LogP contribution in [0.2, 0.25) is 0 Å². The van der Waals surface area contributed by atoms with Crippen molar-refractivity contribution in [2.75, 3.05) is 61.5 Å². The first-order valence-corrected chi connectivity index (χ1v) is 36.0. The Morgan fingerprint density at radius 2 is 0.764 bits per heavy atom. The fraction of sp³-hybridized carbons (Fsp3) is 0.910. The molecule has 0 aromatic rings. The Hall–Kier alpha value is -2.98. The van der Waals surface area contributed by atoms with Crippen molar-refractivity contribution in [1.82, 2.24) is 0 Å². The summed E-state index contributed by atoms with van der Waals surface area (Å²) in [6.45, 7) is -3.96. The van der Waals surface area contributed by atoms with E-state index in [4.69, 9.17) is 80.5 Å². The number of hydrogen-bond acceptors (Lipinski definition) is 39. The van der Waals surface area contributed by atoms with Gasteiger partial charge in [0, 0.05) is 59.4 Å². The summed E-state index contributed by atoms with van der Waals surface area (Å²) in [6.07, 6.45) is -52.2. The van der Waals surface area contributed by atoms with Gasteiger partial charge in [-0.3, -0.25) is 0 Å². The average molecular weight is 1540 g/mol. The molecule has 4 aliphatic carbocycles. The van der Waals surface area contributed by atoms with Gasteiger partial charge >= 0.3 is 11.9 Å². The van der Waals surface area contributed by atoms with E-state index in [9.17, 15) is 112 Å². The van der Waals surface area contributed by atoms with Gasteiger partial charge in [-0.2, -0.15) is 0 Å². The zero-order valence-corrected chi connectivity index (χ0v) is 58.9. The number of carbonyl (C=O) groups excluding carboxylic acids is 2. The number of carbonyl (C=O) groups is 2. The van der Waals surface area contributed by atoms with E-state index in [0.29, 0.717) is 25.7 Å². The molecule has 10 rings (SSSR count). The number of aliphatic hydroxyl groups is 20. The van der Waals surface area contributed by atoms with Gasteiger partial charge in [-0.15, -0.1) is 0 Å². The summed E-state index contributed by atoms with van der Waals surface area (Å²) in [6, 6.07) is 0. The highest BCUT2D eigenvalue weighted by atomic mass is 16.8. The molecule has 6 heterocycles. The minimum absolute atomic E-state index is 0.0132. The summed E-state index contributed by atoms with van der Waals surface area (Å²) in [5.74, 6) is -3.97. The molecule has 0 aromatic heterocycles. The number of esters is 2. The number of allylic oxidation sites excluding steroid dienone is 2. The number of methoxy groups -OCH3 is 4. The van der Waals surface area contributed by atoms with Crippen molar-refractivity contribution in [2.24, 2.45) is 23.7 Å². The van der Waals surface area contributed by atoms with Gasteiger partial charge in [-0.25, -0.2) is 9.59 Å². The Kier molecular flexibility index (Phi) is 30.8. The molecule has 106 heavy (non-hydrogen) atoms. The van der Waals surface area contributed by atoms with E-state index in [1.165, 1.54) is 34.5 Å². The molecule has 4 saturated carbocycles. The molecule has 6 saturated heterocycles. The highest BCUT2D eigenvalue weighted by Gasteiger charge is 2.57. The third-order valence-corrected chi connectivity index (χ3v) is 22.4. The van der Waals surface area contributed by atoms with Crippen molar-refractivity contribution in [2.45, 2.75) is 297 Å². The first kappa shape index (κ1) is 85.4. The number of aliphatic hydroxyl groups excluding tert-OH is 20. The van der Waals surface area contributed by atoms with E-state index >= 15 is 0 Å². The lowest BCUT2D eigenvalue weighted by Crippen LogP contribution is -2.65. The molecule has 0 aromatic carbocycles. The van der Waals surface area contributed by atoms with E-state index in [1.54, 1.807) is 6.08 Å². The monoisotopic (exact) mass is 1540 g/mol. The molecule has 0 radical (unpaired) electrons. The van der Waals surface area contributed by atoms with Crippen LogP contribution in [0.5, 0.6) is 0 Å². The second-order valence-corrected chi connectivity index (χ2v) is 29.2. The van der Waals surface area contributed by atoms with E-state index in [1.807, 2.05) is 0 Å². The van der Waals surface area contributed by atoms with Gasteiger partial charge in [0.25, 0.3) is 0 Å². The molecule has 6 aliphatic heterocycles. The minimum atomic E-state index is -2.12. The van der Waals surface area contributed by atoms with Crippen LogP contribution in [0.3, 0.4) is 0 Å². The van der Waals surface area contributed by atoms with Crippen molar-refractivity contribution in [1.29, 1.82) is 0 Å². The van der Waals surface area contributed by atoms with Crippen LogP contribution in [0.25, 0.3) is 0 Å². The highest BCUT2D eigenvalue weighted by Crippen LogP contribution is 2.46. The Labute approximate surface area is 609 Å². The molecule has 38 unspecified atom stereocenters. The number of hydrogen-bond donors (Lipinski definition) is 20. The smallest absolute Gasteiger partial charge is 0.330 e. The van der Waals surface area contributed by atoms with Crippen LogP contribution in [0.15, 0.2) is 24.3 Å². The fourth-order valence-electron chi connectivity index (χ4n) is 16.1. The molecule has 10 fully saturated rings. The van der Waals surface area contributed by atoms with E-state index in [2.05, 4.69) is 0 Å². The zero-order chi connectivity index (χ0) is 76.9. The number of fused-ring (bicyclic) bond motifs is 1. The summed E-state index contributed by atoms with van der Waals surface area (Å²) in [7, 11) is 5.71. The van der Waals surface area contributed by atoms with Crippen LogP contribution in [-0.2, 0) is 90.1 Å². The SMILES string of the molecule is COC1CC(C=CC(=O)OCC2OC(OC3CC(O)C4CC(OC5OC(COC6OC(COC(=O)C=CC7CC(OC)C(O)C(OC)C7)C(O)C(OC7OC(CO)C(O)C(O)C7O)C6O)C(O)C(O)C5O)C(C5CCC(O)C(OC6OC(CO)C(O)C(O)C6O)C5)OC4C3)C(O)C(O)C2O)CC(OC)C1O. The Morgan fingerprint density at radius 3 is 1.23 bits per heavy atom. The maximum atomic E-state index is 13.3. The quantitative estimate of drug-likeness (QED) is 0.0282. The molecular formula is C67H108O39. The normalized spacial score (nSPS) is 49.8. The molecule has 38 atom stereocenters. The number of ether oxygens (including phenoxy) is 17. The van der Waals surface area contributed by atoms with Crippen LogP contribution < -0.4 is 0 Å². The minimum Gasteiger partial charge on any atom is -0.460 e. The van der Waals surface area contributed by atoms with Crippen LogP contribution in [0.4, 0.5) is 0 Å². The lowest BCUT2D eigenvalue weighted by Gasteiger charge is -2.52.